The molecule has 0 unspecified atom stereocenters. The molecule has 0 aromatic carbocycles. The Hall–Kier alpha value is -2.16. The van der Waals surface area contributed by atoms with Crippen LogP contribution in [0.3, 0.4) is 0 Å². The maximum atomic E-state index is 11.3. The number of rotatable bonds is 6. The number of carbonyl (C=O) groups excluding carboxylic acids is 4. The van der Waals surface area contributed by atoms with Gasteiger partial charge in [0.05, 0.1) is 6.42 Å². The second-order valence-corrected chi connectivity index (χ2v) is 3.79. The Balaban J connectivity index is 2.30. The number of carbonyl (C=O) groups is 4. The van der Waals surface area contributed by atoms with Gasteiger partial charge in [0.1, 0.15) is 5.78 Å². The van der Waals surface area contributed by atoms with Crippen LogP contribution >= 0.6 is 0 Å². The zero-order chi connectivity index (χ0) is 13.5. The number of Topliss-reactive ketones (excluding diaryl/α,β-unsaturated/α-hetero) is 1. The van der Waals surface area contributed by atoms with Crippen LogP contribution in [-0.2, 0) is 24.0 Å². The molecule has 2 amide bonds. The minimum absolute atomic E-state index is 0.00324. The molecule has 6 heteroatoms. The Morgan fingerprint density at radius 2 is 1.78 bits per heavy atom. The zero-order valence-electron chi connectivity index (χ0n) is 9.81. The van der Waals surface area contributed by atoms with Gasteiger partial charge in [-0.3, -0.25) is 14.4 Å². The number of hydrogen-bond donors (Lipinski definition) is 0. The highest BCUT2D eigenvalue weighted by Crippen LogP contribution is 2.13. The maximum Gasteiger partial charge on any atom is 0.333 e. The summed E-state index contributed by atoms with van der Waals surface area (Å²) in [5.74, 6) is 0.332. The zero-order valence-corrected chi connectivity index (χ0v) is 9.81. The lowest BCUT2D eigenvalue weighted by Gasteiger charge is -2.12. The van der Waals surface area contributed by atoms with Gasteiger partial charge in [0.2, 0.25) is 0 Å². The molecule has 96 valence electrons. The SMILES string of the molecule is C#CCCC(=O)CCC(=O)ON1C(=O)CCC1=O. The molecule has 1 saturated heterocycles. The highest BCUT2D eigenvalue weighted by molar-refractivity contribution is 6.01. The topological polar surface area (TPSA) is 80.8 Å². The van der Waals surface area contributed by atoms with Gasteiger partial charge in [-0.15, -0.1) is 17.4 Å². The van der Waals surface area contributed by atoms with Gasteiger partial charge >= 0.3 is 5.97 Å². The first-order valence-electron chi connectivity index (χ1n) is 5.56. The molecule has 0 radical (unpaired) electrons. The van der Waals surface area contributed by atoms with Crippen molar-refractivity contribution in [3.8, 4) is 12.3 Å². The Kier molecular flexibility index (Phi) is 5.06. The molecule has 0 bridgehead atoms. The molecule has 0 spiro atoms. The number of hydrogen-bond acceptors (Lipinski definition) is 5. The maximum absolute atomic E-state index is 11.3. The Bertz CT molecular complexity index is 405. The van der Waals surface area contributed by atoms with E-state index in [0.717, 1.165) is 0 Å². The third-order valence-electron chi connectivity index (χ3n) is 2.36. The molecule has 18 heavy (non-hydrogen) atoms. The molecule has 0 atom stereocenters. The predicted octanol–water partition coefficient (Wildman–Crippen LogP) is 0.356. The first-order chi connectivity index (χ1) is 8.54. The summed E-state index contributed by atoms with van der Waals surface area (Å²) < 4.78 is 0. The highest BCUT2D eigenvalue weighted by atomic mass is 16.7. The summed E-state index contributed by atoms with van der Waals surface area (Å²) in [6.07, 6.45) is 5.47. The van der Waals surface area contributed by atoms with E-state index in [1.807, 2.05) is 0 Å². The number of nitrogens with zero attached hydrogens (tertiary/aromatic N) is 1. The summed E-state index contributed by atoms with van der Waals surface area (Å²) in [7, 11) is 0. The van der Waals surface area contributed by atoms with Crippen molar-refractivity contribution >= 4 is 23.6 Å². The normalized spacial score (nSPS) is 14.5. The molecule has 0 saturated carbocycles. The van der Waals surface area contributed by atoms with Gasteiger partial charge in [0.25, 0.3) is 11.8 Å². The number of imide groups is 1. The van der Waals surface area contributed by atoms with Crippen molar-refractivity contribution in [2.75, 3.05) is 0 Å². The monoisotopic (exact) mass is 251 g/mol. The van der Waals surface area contributed by atoms with Crippen molar-refractivity contribution < 1.29 is 24.0 Å². The summed E-state index contributed by atoms with van der Waals surface area (Å²) in [4.78, 5) is 49.4. The second kappa shape index (κ2) is 6.55. The van der Waals surface area contributed by atoms with Crippen molar-refractivity contribution in [2.45, 2.75) is 38.5 Å². The van der Waals surface area contributed by atoms with Crippen molar-refractivity contribution in [2.24, 2.45) is 0 Å². The molecule has 0 aliphatic carbocycles. The van der Waals surface area contributed by atoms with Crippen LogP contribution < -0.4 is 0 Å². The molecule has 1 aliphatic heterocycles. The van der Waals surface area contributed by atoms with E-state index < -0.39 is 17.8 Å². The van der Waals surface area contributed by atoms with Gasteiger partial charge in [-0.1, -0.05) is 0 Å². The number of hydroxylamine groups is 2. The third-order valence-corrected chi connectivity index (χ3v) is 2.36. The Morgan fingerprint density at radius 3 is 2.33 bits per heavy atom. The summed E-state index contributed by atoms with van der Waals surface area (Å²) in [6, 6.07) is 0. The van der Waals surface area contributed by atoms with E-state index >= 15 is 0 Å². The van der Waals surface area contributed by atoms with E-state index in [4.69, 9.17) is 6.42 Å². The van der Waals surface area contributed by atoms with Crippen LogP contribution in [-0.4, -0.2) is 28.6 Å². The summed E-state index contributed by atoms with van der Waals surface area (Å²) >= 11 is 0. The first-order valence-corrected chi connectivity index (χ1v) is 5.56. The summed E-state index contributed by atoms with van der Waals surface area (Å²) in [6.45, 7) is 0. The second-order valence-electron chi connectivity index (χ2n) is 3.79. The van der Waals surface area contributed by atoms with Gasteiger partial charge in [-0.05, 0) is 0 Å². The fourth-order valence-corrected chi connectivity index (χ4v) is 1.38. The van der Waals surface area contributed by atoms with Crippen molar-refractivity contribution in [1.82, 2.24) is 5.06 Å². The van der Waals surface area contributed by atoms with Crippen molar-refractivity contribution in [1.29, 1.82) is 0 Å². The Labute approximate surface area is 104 Å². The van der Waals surface area contributed by atoms with Gasteiger partial charge in [-0.2, -0.15) is 0 Å². The number of amides is 2. The average molecular weight is 251 g/mol. The molecule has 0 aromatic heterocycles. The van der Waals surface area contributed by atoms with Crippen LogP contribution in [0, 0.1) is 12.3 Å². The van der Waals surface area contributed by atoms with E-state index in [-0.39, 0.29) is 37.9 Å². The average Bonchev–Trinajstić information content (AvgIpc) is 2.65. The van der Waals surface area contributed by atoms with Gasteiger partial charge in [-0.25, -0.2) is 4.79 Å². The van der Waals surface area contributed by atoms with E-state index in [1.165, 1.54) is 0 Å². The number of terminal acetylenes is 1. The molecule has 1 rings (SSSR count). The Morgan fingerprint density at radius 1 is 1.17 bits per heavy atom. The fourth-order valence-electron chi connectivity index (χ4n) is 1.38. The summed E-state index contributed by atoms with van der Waals surface area (Å²) in [5.41, 5.74) is 0. The van der Waals surface area contributed by atoms with Crippen LogP contribution in [0.2, 0.25) is 0 Å². The van der Waals surface area contributed by atoms with Crippen molar-refractivity contribution in [3.63, 3.8) is 0 Å². The van der Waals surface area contributed by atoms with Crippen LogP contribution in [0.5, 0.6) is 0 Å². The van der Waals surface area contributed by atoms with Crippen LogP contribution in [0.4, 0.5) is 0 Å². The minimum atomic E-state index is -0.771. The molecule has 0 N–H and O–H groups in total. The molecule has 1 fully saturated rings. The van der Waals surface area contributed by atoms with E-state index in [0.29, 0.717) is 11.5 Å². The van der Waals surface area contributed by atoms with E-state index in [1.54, 1.807) is 0 Å². The van der Waals surface area contributed by atoms with Crippen molar-refractivity contribution in [3.05, 3.63) is 0 Å². The molecule has 6 nitrogen and oxygen atoms in total. The smallest absolute Gasteiger partial charge is 0.330 e. The highest BCUT2D eigenvalue weighted by Gasteiger charge is 2.32. The largest absolute Gasteiger partial charge is 0.333 e. The van der Waals surface area contributed by atoms with Gasteiger partial charge < -0.3 is 4.84 Å². The quantitative estimate of drug-likeness (QED) is 0.503. The van der Waals surface area contributed by atoms with Crippen LogP contribution in [0.15, 0.2) is 0 Å². The van der Waals surface area contributed by atoms with Crippen LogP contribution in [0.25, 0.3) is 0 Å². The van der Waals surface area contributed by atoms with E-state index in [2.05, 4.69) is 10.8 Å². The van der Waals surface area contributed by atoms with Crippen LogP contribution in [0.1, 0.15) is 38.5 Å². The molecular formula is C12H13NO5. The molecule has 1 heterocycles. The third kappa shape index (κ3) is 4.01. The molecular weight excluding hydrogens is 238 g/mol. The first kappa shape index (κ1) is 13.9. The van der Waals surface area contributed by atoms with Gasteiger partial charge in [0, 0.05) is 32.1 Å². The fraction of sp³-hybridized carbons (Fsp3) is 0.500. The lowest BCUT2D eigenvalue weighted by molar-refractivity contribution is -0.197. The lowest BCUT2D eigenvalue weighted by atomic mass is 10.1. The van der Waals surface area contributed by atoms with Gasteiger partial charge in [0.15, 0.2) is 0 Å². The van der Waals surface area contributed by atoms with E-state index in [9.17, 15) is 19.2 Å². The predicted molar refractivity (Wildman–Crippen MR) is 59.5 cm³/mol. The molecule has 0 aromatic rings. The lowest BCUT2D eigenvalue weighted by Crippen LogP contribution is -2.32. The standard InChI is InChI=1S/C12H13NO5/c1-2-3-4-9(14)5-8-12(17)18-13-10(15)6-7-11(13)16/h1H,3-8H2. The summed E-state index contributed by atoms with van der Waals surface area (Å²) in [5, 5.41) is 0.467. The number of ketones is 1. The minimum Gasteiger partial charge on any atom is -0.330 e. The molecule has 1 aliphatic rings.